The normalized spacial score (nSPS) is 11.0. The van der Waals surface area contributed by atoms with Crippen molar-refractivity contribution in [2.45, 2.75) is 13.8 Å². The van der Waals surface area contributed by atoms with Crippen LogP contribution < -0.4 is 20.1 Å². The van der Waals surface area contributed by atoms with Gasteiger partial charge >= 0.3 is 0 Å². The van der Waals surface area contributed by atoms with Crippen LogP contribution in [0.25, 0.3) is 0 Å². The molecule has 0 spiro atoms. The summed E-state index contributed by atoms with van der Waals surface area (Å²) in [5.41, 5.74) is 1.83. The van der Waals surface area contributed by atoms with Crippen molar-refractivity contribution in [3.63, 3.8) is 0 Å². The van der Waals surface area contributed by atoms with Gasteiger partial charge in [0.05, 0.1) is 7.11 Å². The van der Waals surface area contributed by atoms with Crippen LogP contribution in [0, 0.1) is 6.92 Å². The van der Waals surface area contributed by atoms with Crippen molar-refractivity contribution in [3.8, 4) is 11.5 Å². The van der Waals surface area contributed by atoms with Crippen molar-refractivity contribution < 1.29 is 19.0 Å². The van der Waals surface area contributed by atoms with Crippen LogP contribution in [0.5, 0.6) is 11.5 Å². The fourth-order valence-electron chi connectivity index (χ4n) is 2.19. The van der Waals surface area contributed by atoms with Crippen molar-refractivity contribution in [2.75, 3.05) is 21.0 Å². The fraction of sp³-hybridized carbons (Fsp3) is 0.278. The molecule has 0 aliphatic carbocycles. The van der Waals surface area contributed by atoms with Gasteiger partial charge in [-0.2, -0.15) is 0 Å². The van der Waals surface area contributed by atoms with Crippen LogP contribution in [0.2, 0.25) is 0 Å². The van der Waals surface area contributed by atoms with Gasteiger partial charge < -0.3 is 14.2 Å². The highest BCUT2D eigenvalue weighted by Gasteiger charge is 2.12. The topological polar surface area (TPSA) is 44.8 Å². The van der Waals surface area contributed by atoms with Gasteiger partial charge in [0.1, 0.15) is 11.5 Å². The Balaban J connectivity index is 2.40. The van der Waals surface area contributed by atoms with E-state index in [0.717, 1.165) is 33.2 Å². The quantitative estimate of drug-likeness (QED) is 0.444. The third kappa shape index (κ3) is 4.54. The van der Waals surface area contributed by atoms with Crippen LogP contribution in [0.4, 0.5) is 0 Å². The summed E-state index contributed by atoms with van der Waals surface area (Å²) in [6.45, 7) is 3.76. The lowest BCUT2D eigenvalue weighted by molar-refractivity contribution is 0.0519. The Kier molecular flexibility index (Phi) is 6.14. The molecule has 0 heterocycles. The van der Waals surface area contributed by atoms with Gasteiger partial charge in [-0.3, -0.25) is 4.79 Å². The summed E-state index contributed by atoms with van der Waals surface area (Å²) in [4.78, 5) is 11.9. The van der Waals surface area contributed by atoms with E-state index in [9.17, 15) is 4.79 Å². The number of ketones is 1. The molecule has 0 saturated heterocycles. The summed E-state index contributed by atoms with van der Waals surface area (Å²) in [5.74, 6) is 1.56. The third-order valence-corrected chi connectivity index (χ3v) is 4.71. The molecule has 0 aliphatic heterocycles. The highest BCUT2D eigenvalue weighted by molar-refractivity contribution is 7.56. The summed E-state index contributed by atoms with van der Waals surface area (Å²) >= 11 is 0. The van der Waals surface area contributed by atoms with E-state index in [1.54, 1.807) is 21.1 Å². The minimum atomic E-state index is 0.0680. The Bertz CT molecular complexity index is 697. The van der Waals surface area contributed by atoms with E-state index in [1.165, 1.54) is 0 Å². The number of ether oxygens (including phenoxy) is 3. The van der Waals surface area contributed by atoms with Crippen molar-refractivity contribution in [1.29, 1.82) is 0 Å². The molecular formula is C18H21O4P. The number of carbonyl (C=O) groups is 1. The monoisotopic (exact) mass is 332 g/mol. The SMILES string of the molecule is COCOc1ccc(OC)cc1Pc1ccc(C)cc1C(C)=O. The summed E-state index contributed by atoms with van der Waals surface area (Å²) in [6, 6.07) is 11.6. The molecule has 0 aromatic heterocycles. The van der Waals surface area contributed by atoms with Crippen molar-refractivity contribution in [3.05, 3.63) is 47.5 Å². The number of hydrogen-bond acceptors (Lipinski definition) is 4. The number of Topliss-reactive ketones (excluding diaryl/α,β-unsaturated/α-hetero) is 1. The number of hydrogen-bond donors (Lipinski definition) is 0. The molecule has 23 heavy (non-hydrogen) atoms. The zero-order chi connectivity index (χ0) is 16.8. The lowest BCUT2D eigenvalue weighted by Crippen LogP contribution is -2.15. The largest absolute Gasteiger partial charge is 0.497 e. The molecule has 2 rings (SSSR count). The molecule has 0 bridgehead atoms. The van der Waals surface area contributed by atoms with E-state index in [0.29, 0.717) is 8.58 Å². The van der Waals surface area contributed by atoms with Gasteiger partial charge in [-0.25, -0.2) is 0 Å². The van der Waals surface area contributed by atoms with Gasteiger partial charge in [0.2, 0.25) is 0 Å². The number of carbonyl (C=O) groups excluding carboxylic acids is 1. The maximum Gasteiger partial charge on any atom is 0.188 e. The van der Waals surface area contributed by atoms with E-state index in [-0.39, 0.29) is 12.6 Å². The Morgan fingerprint density at radius 1 is 1.09 bits per heavy atom. The van der Waals surface area contributed by atoms with Crippen molar-refractivity contribution in [1.82, 2.24) is 0 Å². The third-order valence-electron chi connectivity index (χ3n) is 3.34. The Morgan fingerprint density at radius 2 is 1.87 bits per heavy atom. The summed E-state index contributed by atoms with van der Waals surface area (Å²) in [7, 11) is 3.51. The maximum absolute atomic E-state index is 11.9. The highest BCUT2D eigenvalue weighted by atomic mass is 31.1. The molecule has 2 aromatic rings. The minimum Gasteiger partial charge on any atom is -0.497 e. The zero-order valence-electron chi connectivity index (χ0n) is 13.8. The Hall–Kier alpha value is -1.90. The van der Waals surface area contributed by atoms with Crippen molar-refractivity contribution >= 4 is 25.0 Å². The highest BCUT2D eigenvalue weighted by Crippen LogP contribution is 2.25. The average molecular weight is 332 g/mol. The second-order valence-electron chi connectivity index (χ2n) is 5.14. The number of aryl methyl sites for hydroxylation is 1. The molecule has 2 aromatic carbocycles. The van der Waals surface area contributed by atoms with Gasteiger partial charge in [-0.1, -0.05) is 26.3 Å². The minimum absolute atomic E-state index is 0.0680. The summed E-state index contributed by atoms with van der Waals surface area (Å²) in [5, 5.41) is 1.98. The molecule has 0 aliphatic rings. The zero-order valence-corrected chi connectivity index (χ0v) is 14.8. The van der Waals surface area contributed by atoms with Crippen LogP contribution in [-0.2, 0) is 4.74 Å². The van der Waals surface area contributed by atoms with E-state index < -0.39 is 0 Å². The molecule has 4 nitrogen and oxygen atoms in total. The van der Waals surface area contributed by atoms with Crippen LogP contribution in [0.1, 0.15) is 22.8 Å². The van der Waals surface area contributed by atoms with Crippen LogP contribution in [0.15, 0.2) is 36.4 Å². The smallest absolute Gasteiger partial charge is 0.188 e. The van der Waals surface area contributed by atoms with Gasteiger partial charge in [-0.15, -0.1) is 0 Å². The molecule has 0 N–H and O–H groups in total. The molecule has 122 valence electrons. The van der Waals surface area contributed by atoms with E-state index >= 15 is 0 Å². The van der Waals surface area contributed by atoms with Crippen molar-refractivity contribution in [2.24, 2.45) is 0 Å². The standard InChI is InChI=1S/C18H21O4P/c1-12-5-8-17(15(9-12)13(2)19)23-18-10-14(21-4)6-7-16(18)22-11-20-3/h5-10,23H,11H2,1-4H3. The molecule has 5 heteroatoms. The molecule has 0 radical (unpaired) electrons. The first-order valence-electron chi connectivity index (χ1n) is 7.23. The van der Waals surface area contributed by atoms with Crippen LogP contribution in [0.3, 0.4) is 0 Å². The number of rotatable bonds is 7. The fourth-order valence-corrected chi connectivity index (χ4v) is 3.52. The summed E-state index contributed by atoms with van der Waals surface area (Å²) in [6.07, 6.45) is 0. The van der Waals surface area contributed by atoms with Gasteiger partial charge in [0, 0.05) is 18.0 Å². The number of benzene rings is 2. The molecule has 0 fully saturated rings. The van der Waals surface area contributed by atoms with Gasteiger partial charge in [0.25, 0.3) is 0 Å². The predicted octanol–water partition coefficient (Wildman–Crippen LogP) is 2.82. The van der Waals surface area contributed by atoms with E-state index in [1.807, 2.05) is 43.3 Å². The van der Waals surface area contributed by atoms with Crippen LogP contribution >= 0.6 is 8.58 Å². The first kappa shape index (κ1) is 17.5. The average Bonchev–Trinajstić information content (AvgIpc) is 2.55. The maximum atomic E-state index is 11.9. The van der Waals surface area contributed by atoms with Gasteiger partial charge in [0.15, 0.2) is 12.6 Å². The Labute approximate surface area is 138 Å². The van der Waals surface area contributed by atoms with E-state index in [4.69, 9.17) is 14.2 Å². The van der Waals surface area contributed by atoms with Gasteiger partial charge in [-0.05, 0) is 43.4 Å². The molecular weight excluding hydrogens is 311 g/mol. The summed E-state index contributed by atoms with van der Waals surface area (Å²) < 4.78 is 15.9. The molecule has 0 saturated carbocycles. The first-order chi connectivity index (χ1) is 11.0. The second kappa shape index (κ2) is 8.09. The lowest BCUT2D eigenvalue weighted by Gasteiger charge is -2.14. The number of methoxy groups -OCH3 is 2. The molecule has 1 unspecified atom stereocenters. The van der Waals surface area contributed by atoms with Crippen LogP contribution in [-0.4, -0.2) is 26.8 Å². The Morgan fingerprint density at radius 3 is 2.52 bits per heavy atom. The predicted molar refractivity (Wildman–Crippen MR) is 94.3 cm³/mol. The van der Waals surface area contributed by atoms with E-state index in [2.05, 4.69) is 0 Å². The second-order valence-corrected chi connectivity index (χ2v) is 6.47. The molecule has 1 atom stereocenters. The first-order valence-corrected chi connectivity index (χ1v) is 8.23. The lowest BCUT2D eigenvalue weighted by atomic mass is 10.1. The molecule has 0 amide bonds.